The lowest BCUT2D eigenvalue weighted by Gasteiger charge is -2.16. The van der Waals surface area contributed by atoms with Crippen LogP contribution < -0.4 is 5.32 Å². The number of halogens is 1. The lowest BCUT2D eigenvalue weighted by molar-refractivity contribution is -0.128. The van der Waals surface area contributed by atoms with Crippen LogP contribution in [0.15, 0.2) is 84.9 Å². The summed E-state index contributed by atoms with van der Waals surface area (Å²) in [4.78, 5) is 42.2. The van der Waals surface area contributed by atoms with Gasteiger partial charge in [0.15, 0.2) is 12.4 Å². The third kappa shape index (κ3) is 5.91. The number of carbonyl (C=O) groups excluding carboxylic acids is 3. The molecular formula is C28H23ClN2O4. The van der Waals surface area contributed by atoms with Gasteiger partial charge in [-0.3, -0.25) is 9.59 Å². The maximum atomic E-state index is 13.0. The Hall–Kier alpha value is -4.03. The molecule has 0 aliphatic rings. The van der Waals surface area contributed by atoms with E-state index in [1.807, 2.05) is 54.6 Å². The molecule has 4 rings (SSSR count). The van der Waals surface area contributed by atoms with Gasteiger partial charge in [-0.2, -0.15) is 0 Å². The predicted molar refractivity (Wildman–Crippen MR) is 135 cm³/mol. The Kier molecular flexibility index (Phi) is 7.53. The van der Waals surface area contributed by atoms with Crippen LogP contribution in [0.5, 0.6) is 0 Å². The molecule has 0 saturated carbocycles. The number of nitrogens with zero attached hydrogens (tertiary/aromatic N) is 1. The number of aromatic nitrogens is 1. The number of benzene rings is 3. The summed E-state index contributed by atoms with van der Waals surface area (Å²) in [6.07, 6.45) is 0.353. The van der Waals surface area contributed by atoms with Crippen molar-refractivity contribution in [2.45, 2.75) is 19.4 Å². The number of para-hydroxylation sites is 1. The fourth-order valence-electron chi connectivity index (χ4n) is 3.74. The van der Waals surface area contributed by atoms with E-state index in [0.717, 1.165) is 5.56 Å². The highest BCUT2D eigenvalue weighted by molar-refractivity contribution is 6.33. The normalized spacial score (nSPS) is 11.6. The van der Waals surface area contributed by atoms with E-state index < -0.39 is 24.5 Å². The molecule has 35 heavy (non-hydrogen) atoms. The van der Waals surface area contributed by atoms with Crippen molar-refractivity contribution in [1.82, 2.24) is 10.3 Å². The molecule has 3 aromatic carbocycles. The Bertz CT molecular complexity index is 1390. The molecule has 1 aromatic heterocycles. The number of ketones is 1. The number of hydrogen-bond donors (Lipinski definition) is 1. The molecule has 4 aromatic rings. The number of pyridine rings is 1. The minimum absolute atomic E-state index is 0.182. The van der Waals surface area contributed by atoms with Crippen LogP contribution in [0.2, 0.25) is 5.02 Å². The van der Waals surface area contributed by atoms with Crippen molar-refractivity contribution in [1.29, 1.82) is 0 Å². The van der Waals surface area contributed by atoms with Gasteiger partial charge in [0.05, 0.1) is 22.8 Å². The summed E-state index contributed by atoms with van der Waals surface area (Å²) in [6, 6.07) is 24.7. The molecule has 0 bridgehead atoms. The first-order chi connectivity index (χ1) is 16.9. The summed E-state index contributed by atoms with van der Waals surface area (Å²) in [6.45, 7) is 0.898. The van der Waals surface area contributed by atoms with Crippen LogP contribution in [-0.2, 0) is 20.7 Å². The van der Waals surface area contributed by atoms with E-state index >= 15 is 0 Å². The fraction of sp³-hybridized carbons (Fsp3) is 0.143. The number of amides is 1. The van der Waals surface area contributed by atoms with Gasteiger partial charge in [0.25, 0.3) is 5.91 Å². The predicted octanol–water partition coefficient (Wildman–Crippen LogP) is 5.03. The Labute approximate surface area is 207 Å². The third-order valence-corrected chi connectivity index (χ3v) is 5.86. The highest BCUT2D eigenvalue weighted by Crippen LogP contribution is 2.30. The maximum absolute atomic E-state index is 13.0. The van der Waals surface area contributed by atoms with Gasteiger partial charge in [-0.25, -0.2) is 9.78 Å². The number of ether oxygens (including phenoxy) is 1. The summed E-state index contributed by atoms with van der Waals surface area (Å²) < 4.78 is 5.33. The Morgan fingerprint density at radius 1 is 0.943 bits per heavy atom. The zero-order valence-electron chi connectivity index (χ0n) is 19.0. The maximum Gasteiger partial charge on any atom is 0.339 e. The SMILES string of the molecule is CC(=O)C(Cc1ccccc1)NC(=O)COC(=O)c1cc(-c2ccccc2Cl)nc2ccccc12. The average Bonchev–Trinajstić information content (AvgIpc) is 2.87. The van der Waals surface area contributed by atoms with Crippen molar-refractivity contribution < 1.29 is 19.1 Å². The van der Waals surface area contributed by atoms with Gasteiger partial charge in [-0.15, -0.1) is 0 Å². The standard InChI is InChI=1S/C28H23ClN2O4/c1-18(32)25(15-19-9-3-2-4-10-19)31-27(33)17-35-28(34)22-16-26(21-12-5-7-13-23(21)29)30-24-14-8-6-11-20(22)24/h2-14,16,25H,15,17H2,1H3,(H,31,33). The van der Waals surface area contributed by atoms with E-state index in [4.69, 9.17) is 16.3 Å². The van der Waals surface area contributed by atoms with Gasteiger partial charge in [0.1, 0.15) is 0 Å². The molecule has 1 unspecified atom stereocenters. The molecule has 0 aliphatic heterocycles. The molecule has 0 aliphatic carbocycles. The second-order valence-corrected chi connectivity index (χ2v) is 8.46. The minimum atomic E-state index is -0.711. The lowest BCUT2D eigenvalue weighted by Crippen LogP contribution is -2.43. The monoisotopic (exact) mass is 486 g/mol. The Balaban J connectivity index is 1.51. The summed E-state index contributed by atoms with van der Waals surface area (Å²) >= 11 is 6.34. The van der Waals surface area contributed by atoms with Gasteiger partial charge in [0, 0.05) is 16.0 Å². The minimum Gasteiger partial charge on any atom is -0.452 e. The summed E-state index contributed by atoms with van der Waals surface area (Å²) in [7, 11) is 0. The van der Waals surface area contributed by atoms with Crippen molar-refractivity contribution >= 4 is 40.2 Å². The number of hydrogen-bond acceptors (Lipinski definition) is 5. The van der Waals surface area contributed by atoms with Gasteiger partial charge in [-0.05, 0) is 37.1 Å². The molecule has 1 N–H and O–H groups in total. The topological polar surface area (TPSA) is 85.4 Å². The molecule has 0 fully saturated rings. The number of carbonyl (C=O) groups is 3. The summed E-state index contributed by atoms with van der Waals surface area (Å²) in [5.74, 6) is -1.41. The van der Waals surface area contributed by atoms with Crippen molar-refractivity contribution in [3.05, 3.63) is 101 Å². The molecule has 1 amide bonds. The van der Waals surface area contributed by atoms with Gasteiger partial charge < -0.3 is 10.1 Å². The summed E-state index contributed by atoms with van der Waals surface area (Å²) in [5, 5.41) is 3.76. The van der Waals surface area contributed by atoms with Crippen LogP contribution in [-0.4, -0.2) is 35.3 Å². The number of nitrogens with one attached hydrogen (secondary N) is 1. The smallest absolute Gasteiger partial charge is 0.339 e. The highest BCUT2D eigenvalue weighted by Gasteiger charge is 2.20. The molecule has 1 heterocycles. The average molecular weight is 487 g/mol. The van der Waals surface area contributed by atoms with Gasteiger partial charge >= 0.3 is 5.97 Å². The van der Waals surface area contributed by atoms with Crippen molar-refractivity contribution in [3.8, 4) is 11.3 Å². The quantitative estimate of drug-likeness (QED) is 0.353. The first kappa shape index (κ1) is 24.1. The second kappa shape index (κ2) is 10.9. The molecule has 0 saturated heterocycles. The van der Waals surface area contributed by atoms with E-state index in [1.54, 1.807) is 30.3 Å². The van der Waals surface area contributed by atoms with Crippen molar-refractivity contribution in [2.75, 3.05) is 6.61 Å². The first-order valence-electron chi connectivity index (χ1n) is 11.1. The third-order valence-electron chi connectivity index (χ3n) is 5.53. The fourth-order valence-corrected chi connectivity index (χ4v) is 3.97. The van der Waals surface area contributed by atoms with Crippen LogP contribution in [0.1, 0.15) is 22.8 Å². The van der Waals surface area contributed by atoms with Crippen molar-refractivity contribution in [3.63, 3.8) is 0 Å². The molecule has 0 spiro atoms. The van der Waals surface area contributed by atoms with Crippen LogP contribution in [0.3, 0.4) is 0 Å². The van der Waals surface area contributed by atoms with Crippen LogP contribution in [0, 0.1) is 0 Å². The number of Topliss-reactive ketones (excluding diaryl/α,β-unsaturated/α-hetero) is 1. The van der Waals surface area contributed by atoms with E-state index in [2.05, 4.69) is 10.3 Å². The number of esters is 1. The van der Waals surface area contributed by atoms with E-state index in [1.165, 1.54) is 6.92 Å². The first-order valence-corrected chi connectivity index (χ1v) is 11.5. The molecule has 0 radical (unpaired) electrons. The number of rotatable bonds is 8. The molecular weight excluding hydrogens is 464 g/mol. The lowest BCUT2D eigenvalue weighted by atomic mass is 10.0. The molecule has 1 atom stereocenters. The molecule has 6 nitrogen and oxygen atoms in total. The Morgan fingerprint density at radius 3 is 2.37 bits per heavy atom. The van der Waals surface area contributed by atoms with Gasteiger partial charge in [0.2, 0.25) is 0 Å². The van der Waals surface area contributed by atoms with Crippen molar-refractivity contribution in [2.24, 2.45) is 0 Å². The van der Waals surface area contributed by atoms with E-state index in [0.29, 0.717) is 33.6 Å². The second-order valence-electron chi connectivity index (χ2n) is 8.05. The molecule has 176 valence electrons. The zero-order valence-corrected chi connectivity index (χ0v) is 19.8. The highest BCUT2D eigenvalue weighted by atomic mass is 35.5. The van der Waals surface area contributed by atoms with E-state index in [-0.39, 0.29) is 11.3 Å². The van der Waals surface area contributed by atoms with Crippen LogP contribution >= 0.6 is 11.6 Å². The van der Waals surface area contributed by atoms with Crippen LogP contribution in [0.25, 0.3) is 22.2 Å². The Morgan fingerprint density at radius 2 is 1.63 bits per heavy atom. The van der Waals surface area contributed by atoms with E-state index in [9.17, 15) is 14.4 Å². The van der Waals surface area contributed by atoms with Gasteiger partial charge in [-0.1, -0.05) is 78.3 Å². The van der Waals surface area contributed by atoms with Crippen LogP contribution in [0.4, 0.5) is 0 Å². The number of fused-ring (bicyclic) bond motifs is 1. The zero-order chi connectivity index (χ0) is 24.8. The summed E-state index contributed by atoms with van der Waals surface area (Å²) in [5.41, 5.74) is 2.98. The largest absolute Gasteiger partial charge is 0.452 e. The molecule has 7 heteroatoms.